The number of aliphatic hydroxyl groups is 1. The Morgan fingerprint density at radius 1 is 1.00 bits per heavy atom. The van der Waals surface area contributed by atoms with Crippen molar-refractivity contribution in [3.05, 3.63) is 88.5 Å². The predicted molar refractivity (Wildman–Crippen MR) is 144 cm³/mol. The zero-order valence-electron chi connectivity index (χ0n) is 20.8. The van der Waals surface area contributed by atoms with Crippen LogP contribution in [-0.4, -0.2) is 45.3 Å². The molecule has 3 heterocycles. The Morgan fingerprint density at radius 3 is 2.35 bits per heavy atom. The topological polar surface area (TPSA) is 102 Å². The lowest BCUT2D eigenvalue weighted by molar-refractivity contribution is 0.0698. The van der Waals surface area contributed by atoms with Crippen LogP contribution in [0.25, 0.3) is 10.9 Å². The number of carboxylic acid groups (broad SMARTS) is 1. The molecule has 3 aromatic carbocycles. The van der Waals surface area contributed by atoms with Crippen LogP contribution in [-0.2, 0) is 13.1 Å². The van der Waals surface area contributed by atoms with Crippen LogP contribution in [0.15, 0.2) is 60.7 Å². The first-order chi connectivity index (χ1) is 17.9. The third-order valence-corrected chi connectivity index (χ3v) is 7.22. The third-order valence-electron chi connectivity index (χ3n) is 7.22. The summed E-state index contributed by atoms with van der Waals surface area (Å²) in [4.78, 5) is 26.2. The summed E-state index contributed by atoms with van der Waals surface area (Å²) in [6.07, 6.45) is -0.359. The maximum atomic E-state index is 11.8. The molecule has 0 saturated carbocycles. The molecule has 1 atom stereocenters. The number of benzene rings is 3. The highest BCUT2D eigenvalue weighted by Gasteiger charge is 2.30. The minimum Gasteiger partial charge on any atom is -0.478 e. The van der Waals surface area contributed by atoms with Gasteiger partial charge in [0, 0.05) is 42.8 Å². The molecule has 8 heteroatoms. The van der Waals surface area contributed by atoms with Gasteiger partial charge in [0.25, 0.3) is 0 Å². The number of rotatable bonds is 6. The van der Waals surface area contributed by atoms with E-state index in [1.54, 1.807) is 18.2 Å². The van der Waals surface area contributed by atoms with Crippen LogP contribution >= 0.6 is 0 Å². The highest BCUT2D eigenvalue weighted by molar-refractivity contribution is 5.96. The number of β-amino-alcohol motifs (C(OH)–C–C–N with tert-alkyl or cyclic N) is 1. The number of carbonyl (C=O) groups is 1. The van der Waals surface area contributed by atoms with E-state index in [0.717, 1.165) is 40.9 Å². The lowest BCUT2D eigenvalue weighted by atomic mass is 9.99. The first-order valence-electron chi connectivity index (χ1n) is 12.5. The summed E-state index contributed by atoms with van der Waals surface area (Å²) >= 11 is 0. The fourth-order valence-electron chi connectivity index (χ4n) is 5.30. The lowest BCUT2D eigenvalue weighted by Gasteiger charge is -2.38. The Hall–Kier alpha value is -4.17. The van der Waals surface area contributed by atoms with E-state index in [-0.39, 0.29) is 17.7 Å². The van der Waals surface area contributed by atoms with Crippen molar-refractivity contribution in [3.8, 4) is 0 Å². The SMILES string of the molecule is Cc1cc(C(C)Nc2ccccc2C(=O)O)c2nc(N3Cc4ccccc4C3)nc(N3CC(O)C3)c2c1. The number of fused-ring (bicyclic) bond motifs is 2. The first-order valence-corrected chi connectivity index (χ1v) is 12.5. The van der Waals surface area contributed by atoms with Crippen LogP contribution in [0.4, 0.5) is 17.5 Å². The maximum absolute atomic E-state index is 11.8. The van der Waals surface area contributed by atoms with Crippen molar-refractivity contribution >= 4 is 34.3 Å². The summed E-state index contributed by atoms with van der Waals surface area (Å²) in [5.74, 6) is 0.508. The third kappa shape index (κ3) is 4.23. The van der Waals surface area contributed by atoms with E-state index in [0.29, 0.717) is 24.7 Å². The zero-order valence-corrected chi connectivity index (χ0v) is 20.8. The standard InChI is InChI=1S/C29H29N5O3/c1-17-11-23(18(2)30-25-10-6-5-9-22(25)28(36)37)26-24(12-17)27(33-15-21(35)16-33)32-29(31-26)34-13-19-7-3-4-8-20(19)14-34/h3-12,18,21,30,35H,13-16H2,1-2H3,(H,36,37). The van der Waals surface area contributed by atoms with Crippen molar-refractivity contribution in [2.45, 2.75) is 39.1 Å². The van der Waals surface area contributed by atoms with Crippen molar-refractivity contribution in [2.24, 2.45) is 0 Å². The number of anilines is 3. The van der Waals surface area contributed by atoms with Gasteiger partial charge >= 0.3 is 5.97 Å². The number of nitrogens with zero attached hydrogens (tertiary/aromatic N) is 4. The summed E-state index contributed by atoms with van der Waals surface area (Å²) < 4.78 is 0. The second-order valence-electron chi connectivity index (χ2n) is 10.00. The van der Waals surface area contributed by atoms with Crippen LogP contribution in [0.2, 0.25) is 0 Å². The van der Waals surface area contributed by atoms with E-state index in [4.69, 9.17) is 9.97 Å². The molecule has 8 nitrogen and oxygen atoms in total. The number of aromatic carboxylic acids is 1. The molecule has 0 bridgehead atoms. The van der Waals surface area contributed by atoms with Gasteiger partial charge in [-0.1, -0.05) is 42.5 Å². The van der Waals surface area contributed by atoms with Crippen LogP contribution in [0.5, 0.6) is 0 Å². The van der Waals surface area contributed by atoms with Gasteiger partial charge in [0.15, 0.2) is 0 Å². The molecule has 37 heavy (non-hydrogen) atoms. The number of aromatic nitrogens is 2. The number of hydrogen-bond acceptors (Lipinski definition) is 7. The molecule has 3 N–H and O–H groups in total. The van der Waals surface area contributed by atoms with Crippen LogP contribution in [0, 0.1) is 6.92 Å². The number of hydrogen-bond donors (Lipinski definition) is 3. The number of nitrogens with one attached hydrogen (secondary N) is 1. The van der Waals surface area contributed by atoms with Gasteiger partial charge < -0.3 is 25.3 Å². The first kappa shape index (κ1) is 23.2. The molecule has 0 spiro atoms. The van der Waals surface area contributed by atoms with Crippen LogP contribution in [0.1, 0.15) is 45.6 Å². The second-order valence-corrected chi connectivity index (χ2v) is 10.00. The molecule has 1 aromatic heterocycles. The van der Waals surface area contributed by atoms with Gasteiger partial charge in [-0.25, -0.2) is 9.78 Å². The number of para-hydroxylation sites is 1. The van der Waals surface area contributed by atoms with E-state index in [1.165, 1.54) is 11.1 Å². The van der Waals surface area contributed by atoms with Gasteiger partial charge in [0.05, 0.1) is 23.2 Å². The summed E-state index contributed by atoms with van der Waals surface area (Å²) in [5, 5.41) is 24.0. The molecular weight excluding hydrogens is 466 g/mol. The Labute approximate surface area is 215 Å². The van der Waals surface area contributed by atoms with Crippen LogP contribution < -0.4 is 15.1 Å². The Kier molecular flexibility index (Phi) is 5.68. The minimum absolute atomic E-state index is 0.212. The monoisotopic (exact) mass is 495 g/mol. The van der Waals surface area contributed by atoms with E-state index in [9.17, 15) is 15.0 Å². The average molecular weight is 496 g/mol. The zero-order chi connectivity index (χ0) is 25.7. The molecule has 2 aliphatic heterocycles. The molecule has 6 rings (SSSR count). The summed E-state index contributed by atoms with van der Waals surface area (Å²) in [6, 6.07) is 19.3. The van der Waals surface area contributed by atoms with E-state index >= 15 is 0 Å². The number of aliphatic hydroxyl groups excluding tert-OH is 1. The highest BCUT2D eigenvalue weighted by atomic mass is 16.4. The molecule has 0 radical (unpaired) electrons. The number of aryl methyl sites for hydroxylation is 1. The summed E-state index contributed by atoms with van der Waals surface area (Å²) in [7, 11) is 0. The highest BCUT2D eigenvalue weighted by Crippen LogP contribution is 2.37. The van der Waals surface area contributed by atoms with Crippen molar-refractivity contribution in [2.75, 3.05) is 28.2 Å². The Morgan fingerprint density at radius 2 is 1.68 bits per heavy atom. The van der Waals surface area contributed by atoms with Crippen LogP contribution in [0.3, 0.4) is 0 Å². The molecule has 188 valence electrons. The quantitative estimate of drug-likeness (QED) is 0.359. The van der Waals surface area contributed by atoms with Gasteiger partial charge in [-0.05, 0) is 48.7 Å². The fourth-order valence-corrected chi connectivity index (χ4v) is 5.30. The summed E-state index contributed by atoms with van der Waals surface area (Å²) in [5.41, 5.74) is 6.20. The minimum atomic E-state index is -0.971. The van der Waals surface area contributed by atoms with Gasteiger partial charge in [0.2, 0.25) is 5.95 Å². The lowest BCUT2D eigenvalue weighted by Crippen LogP contribution is -2.51. The summed E-state index contributed by atoms with van der Waals surface area (Å²) in [6.45, 7) is 6.62. The largest absolute Gasteiger partial charge is 0.478 e. The second kappa shape index (κ2) is 9.05. The molecule has 4 aromatic rings. The molecule has 1 fully saturated rings. The average Bonchev–Trinajstić information content (AvgIpc) is 3.30. The molecule has 2 aliphatic rings. The van der Waals surface area contributed by atoms with Gasteiger partial charge in [-0.2, -0.15) is 4.98 Å². The van der Waals surface area contributed by atoms with Crippen molar-refractivity contribution in [1.82, 2.24) is 9.97 Å². The van der Waals surface area contributed by atoms with Crippen molar-refractivity contribution in [1.29, 1.82) is 0 Å². The van der Waals surface area contributed by atoms with Crippen molar-refractivity contribution in [3.63, 3.8) is 0 Å². The van der Waals surface area contributed by atoms with Crippen molar-refractivity contribution < 1.29 is 15.0 Å². The smallest absolute Gasteiger partial charge is 0.337 e. The molecule has 0 amide bonds. The van der Waals surface area contributed by atoms with E-state index < -0.39 is 5.97 Å². The van der Waals surface area contributed by atoms with Gasteiger partial charge in [-0.3, -0.25) is 0 Å². The van der Waals surface area contributed by atoms with E-state index in [2.05, 4.69) is 51.5 Å². The maximum Gasteiger partial charge on any atom is 0.337 e. The predicted octanol–water partition coefficient (Wildman–Crippen LogP) is 4.51. The fraction of sp³-hybridized carbons (Fsp3) is 0.276. The molecular formula is C29H29N5O3. The Bertz CT molecular complexity index is 1490. The Balaban J connectivity index is 1.46. The van der Waals surface area contributed by atoms with Gasteiger partial charge in [-0.15, -0.1) is 0 Å². The number of carboxylic acids is 1. The molecule has 1 saturated heterocycles. The normalized spacial score (nSPS) is 16.0. The molecule has 1 unspecified atom stereocenters. The van der Waals surface area contributed by atoms with Gasteiger partial charge in [0.1, 0.15) is 5.82 Å². The molecule has 0 aliphatic carbocycles. The van der Waals surface area contributed by atoms with E-state index in [1.807, 2.05) is 19.9 Å².